The molecular weight excluding hydrogens is 245 g/mol. The van der Waals surface area contributed by atoms with E-state index in [1.807, 2.05) is 13.8 Å². The molecule has 0 saturated carbocycles. The van der Waals surface area contributed by atoms with E-state index in [0.717, 1.165) is 0 Å². The molecule has 102 valence electrons. The highest BCUT2D eigenvalue weighted by Crippen LogP contribution is 2.15. The molecular formula is C14H18FN3O. The molecule has 0 spiro atoms. The third-order valence-electron chi connectivity index (χ3n) is 2.60. The highest BCUT2D eigenvalue weighted by Gasteiger charge is 2.11. The predicted molar refractivity (Wildman–Crippen MR) is 74.3 cm³/mol. The number of nitrogens with two attached hydrogens (primary N) is 1. The van der Waals surface area contributed by atoms with E-state index in [2.05, 4.69) is 17.2 Å². The van der Waals surface area contributed by atoms with Crippen molar-refractivity contribution in [3.63, 3.8) is 0 Å². The first-order valence-corrected chi connectivity index (χ1v) is 6.16. The Morgan fingerprint density at radius 3 is 2.63 bits per heavy atom. The molecule has 0 atom stereocenters. The first kappa shape index (κ1) is 15.0. The monoisotopic (exact) mass is 263 g/mol. The molecule has 4 nitrogen and oxygen atoms in total. The van der Waals surface area contributed by atoms with Crippen LogP contribution in [0.4, 0.5) is 14.9 Å². The van der Waals surface area contributed by atoms with Crippen LogP contribution in [0, 0.1) is 17.7 Å². The van der Waals surface area contributed by atoms with Gasteiger partial charge in [0.15, 0.2) is 0 Å². The zero-order valence-electron chi connectivity index (χ0n) is 11.2. The summed E-state index contributed by atoms with van der Waals surface area (Å²) in [4.78, 5) is 13.4. The highest BCUT2D eigenvalue weighted by atomic mass is 19.1. The lowest BCUT2D eigenvalue weighted by atomic mass is 10.2. The Bertz CT molecular complexity index is 501. The van der Waals surface area contributed by atoms with E-state index < -0.39 is 5.82 Å². The fraction of sp³-hybridized carbons (Fsp3) is 0.357. The summed E-state index contributed by atoms with van der Waals surface area (Å²) in [6.07, 6.45) is 0. The van der Waals surface area contributed by atoms with Crippen LogP contribution in [0.25, 0.3) is 0 Å². The molecule has 0 fully saturated rings. The number of hydrogen-bond acceptors (Lipinski definition) is 2. The maximum absolute atomic E-state index is 13.8. The van der Waals surface area contributed by atoms with Crippen LogP contribution in [0.3, 0.4) is 0 Å². The summed E-state index contributed by atoms with van der Waals surface area (Å²) in [5, 5.41) is 2.53. The quantitative estimate of drug-likeness (QED) is 0.820. The zero-order chi connectivity index (χ0) is 14.3. The van der Waals surface area contributed by atoms with Crippen molar-refractivity contribution in [2.45, 2.75) is 13.8 Å². The smallest absolute Gasteiger partial charge is 0.321 e. The van der Waals surface area contributed by atoms with Gasteiger partial charge in [0.1, 0.15) is 5.82 Å². The molecule has 5 heteroatoms. The van der Waals surface area contributed by atoms with Crippen molar-refractivity contribution in [3.8, 4) is 11.8 Å². The molecule has 3 N–H and O–H groups in total. The van der Waals surface area contributed by atoms with Crippen molar-refractivity contribution in [1.82, 2.24) is 4.90 Å². The number of carbonyl (C=O) groups is 1. The maximum Gasteiger partial charge on any atom is 0.321 e. The van der Waals surface area contributed by atoms with E-state index in [1.54, 1.807) is 11.0 Å². The molecule has 2 amide bonds. The van der Waals surface area contributed by atoms with Crippen LogP contribution in [0.2, 0.25) is 0 Å². The van der Waals surface area contributed by atoms with Gasteiger partial charge in [-0.3, -0.25) is 0 Å². The Morgan fingerprint density at radius 2 is 2.11 bits per heavy atom. The molecule has 0 aliphatic rings. The summed E-state index contributed by atoms with van der Waals surface area (Å²) in [6, 6.07) is 4.10. The number of amides is 2. The molecule has 0 bridgehead atoms. The Hall–Kier alpha value is -2.06. The zero-order valence-corrected chi connectivity index (χ0v) is 11.2. The second-order valence-corrected chi connectivity index (χ2v) is 3.80. The Morgan fingerprint density at radius 1 is 1.42 bits per heavy atom. The van der Waals surface area contributed by atoms with Gasteiger partial charge in [-0.1, -0.05) is 11.8 Å². The number of carbonyl (C=O) groups excluding carboxylic acids is 1. The van der Waals surface area contributed by atoms with Crippen LogP contribution in [-0.4, -0.2) is 30.6 Å². The van der Waals surface area contributed by atoms with Crippen LogP contribution >= 0.6 is 0 Å². The lowest BCUT2D eigenvalue weighted by Crippen LogP contribution is -2.34. The topological polar surface area (TPSA) is 58.4 Å². The molecule has 0 saturated heterocycles. The van der Waals surface area contributed by atoms with E-state index in [-0.39, 0.29) is 18.3 Å². The van der Waals surface area contributed by atoms with Crippen LogP contribution < -0.4 is 11.1 Å². The van der Waals surface area contributed by atoms with Gasteiger partial charge >= 0.3 is 6.03 Å². The third-order valence-corrected chi connectivity index (χ3v) is 2.60. The summed E-state index contributed by atoms with van der Waals surface area (Å²) in [6.45, 7) is 5.10. The van der Waals surface area contributed by atoms with E-state index in [0.29, 0.717) is 18.7 Å². The average molecular weight is 263 g/mol. The fourth-order valence-corrected chi connectivity index (χ4v) is 1.55. The van der Waals surface area contributed by atoms with Gasteiger partial charge in [0, 0.05) is 18.7 Å². The van der Waals surface area contributed by atoms with E-state index in [1.165, 1.54) is 12.1 Å². The predicted octanol–water partition coefficient (Wildman–Crippen LogP) is 2.01. The molecule has 1 aromatic carbocycles. The van der Waals surface area contributed by atoms with E-state index in [9.17, 15) is 9.18 Å². The van der Waals surface area contributed by atoms with Crippen LogP contribution in [0.15, 0.2) is 18.2 Å². The largest absolute Gasteiger partial charge is 0.325 e. The SMILES string of the molecule is CCN(CC)C(=O)Nc1ccc(C#CCN)cc1F. The molecule has 0 radical (unpaired) electrons. The van der Waals surface area contributed by atoms with Crippen molar-refractivity contribution in [3.05, 3.63) is 29.6 Å². The standard InChI is InChI=1S/C14H18FN3O/c1-3-18(4-2)14(19)17-13-8-7-11(6-5-9-16)10-12(13)15/h7-8,10H,3-4,9,16H2,1-2H3,(H,17,19). The number of anilines is 1. The first-order valence-electron chi connectivity index (χ1n) is 6.16. The highest BCUT2D eigenvalue weighted by molar-refractivity contribution is 5.89. The number of nitrogens with one attached hydrogen (secondary N) is 1. The van der Waals surface area contributed by atoms with Crippen molar-refractivity contribution in [2.75, 3.05) is 25.0 Å². The van der Waals surface area contributed by atoms with E-state index in [4.69, 9.17) is 5.73 Å². The molecule has 0 unspecified atom stereocenters. The minimum atomic E-state index is -0.510. The minimum Gasteiger partial charge on any atom is -0.325 e. The number of nitrogens with zero attached hydrogens (tertiary/aromatic N) is 1. The minimum absolute atomic E-state index is 0.148. The van der Waals surface area contributed by atoms with Gasteiger partial charge < -0.3 is 16.0 Å². The summed E-state index contributed by atoms with van der Waals surface area (Å²) in [7, 11) is 0. The van der Waals surface area contributed by atoms with E-state index >= 15 is 0 Å². The summed E-state index contributed by atoms with van der Waals surface area (Å²) in [5.41, 5.74) is 5.92. The molecule has 0 aliphatic heterocycles. The summed E-state index contributed by atoms with van der Waals surface area (Å²) < 4.78 is 13.8. The number of rotatable bonds is 3. The summed E-state index contributed by atoms with van der Waals surface area (Å²) >= 11 is 0. The lowest BCUT2D eigenvalue weighted by molar-refractivity contribution is 0.217. The number of hydrogen-bond donors (Lipinski definition) is 2. The summed E-state index contributed by atoms with van der Waals surface area (Å²) in [5.74, 6) is 4.87. The van der Waals surface area contributed by atoms with Crippen molar-refractivity contribution < 1.29 is 9.18 Å². The molecule has 19 heavy (non-hydrogen) atoms. The normalized spacial score (nSPS) is 9.47. The van der Waals surface area contributed by atoms with Gasteiger partial charge in [-0.15, -0.1) is 0 Å². The van der Waals surface area contributed by atoms with Crippen LogP contribution in [-0.2, 0) is 0 Å². The number of benzene rings is 1. The second-order valence-electron chi connectivity index (χ2n) is 3.80. The number of halogens is 1. The van der Waals surface area contributed by atoms with Gasteiger partial charge in [-0.05, 0) is 32.0 Å². The molecule has 1 rings (SSSR count). The van der Waals surface area contributed by atoms with Gasteiger partial charge in [0.05, 0.1) is 12.2 Å². The van der Waals surface area contributed by atoms with Gasteiger partial charge in [-0.2, -0.15) is 0 Å². The van der Waals surface area contributed by atoms with Gasteiger partial charge in [0.25, 0.3) is 0 Å². The average Bonchev–Trinajstić information content (AvgIpc) is 2.40. The third kappa shape index (κ3) is 4.27. The molecule has 0 aliphatic carbocycles. The van der Waals surface area contributed by atoms with Gasteiger partial charge in [-0.25, -0.2) is 9.18 Å². The first-order chi connectivity index (χ1) is 9.12. The molecule has 1 aromatic rings. The Balaban J connectivity index is 2.83. The Kier molecular flexibility index (Phi) is 5.83. The fourth-order valence-electron chi connectivity index (χ4n) is 1.55. The molecule has 0 heterocycles. The number of urea groups is 1. The maximum atomic E-state index is 13.8. The van der Waals surface area contributed by atoms with Crippen LogP contribution in [0.5, 0.6) is 0 Å². The van der Waals surface area contributed by atoms with Crippen molar-refractivity contribution in [2.24, 2.45) is 5.73 Å². The van der Waals surface area contributed by atoms with Crippen LogP contribution in [0.1, 0.15) is 19.4 Å². The van der Waals surface area contributed by atoms with Crippen molar-refractivity contribution >= 4 is 11.7 Å². The van der Waals surface area contributed by atoms with Crippen molar-refractivity contribution in [1.29, 1.82) is 0 Å². The Labute approximate surface area is 112 Å². The lowest BCUT2D eigenvalue weighted by Gasteiger charge is -2.19. The van der Waals surface area contributed by atoms with Gasteiger partial charge in [0.2, 0.25) is 0 Å². The molecule has 0 aromatic heterocycles. The second kappa shape index (κ2) is 7.39.